The maximum absolute atomic E-state index is 12.5. The molecule has 174 valence electrons. The summed E-state index contributed by atoms with van der Waals surface area (Å²) in [5.41, 5.74) is 0.422. The lowest BCUT2D eigenvalue weighted by atomic mass is 10.0. The molecule has 1 heterocycles. The van der Waals surface area contributed by atoms with Gasteiger partial charge in [0.1, 0.15) is 17.2 Å². The number of benzene rings is 2. The van der Waals surface area contributed by atoms with Crippen molar-refractivity contribution in [2.75, 3.05) is 26.1 Å². The Kier molecular flexibility index (Phi) is 7.55. The Morgan fingerprint density at radius 3 is 2.52 bits per heavy atom. The first-order valence-corrected chi connectivity index (χ1v) is 10.3. The number of hydrogen-bond acceptors (Lipinski definition) is 7. The second-order valence-corrected chi connectivity index (χ2v) is 7.85. The number of oxazole rings is 1. The van der Waals surface area contributed by atoms with Crippen molar-refractivity contribution >= 4 is 17.5 Å². The highest BCUT2D eigenvalue weighted by atomic mass is 16.5. The summed E-state index contributed by atoms with van der Waals surface area (Å²) in [6, 6.07) is 12.2. The van der Waals surface area contributed by atoms with Gasteiger partial charge in [-0.25, -0.2) is 4.98 Å². The second-order valence-electron chi connectivity index (χ2n) is 7.85. The van der Waals surface area contributed by atoms with Crippen LogP contribution >= 0.6 is 0 Å². The molecule has 0 spiro atoms. The van der Waals surface area contributed by atoms with Gasteiger partial charge in [0, 0.05) is 29.8 Å². The molecule has 9 nitrogen and oxygen atoms in total. The van der Waals surface area contributed by atoms with E-state index in [0.29, 0.717) is 47.3 Å². The van der Waals surface area contributed by atoms with Crippen LogP contribution in [0, 0.1) is 0 Å². The zero-order chi connectivity index (χ0) is 23.8. The van der Waals surface area contributed by atoms with Crippen LogP contribution in [0.25, 0.3) is 11.3 Å². The Morgan fingerprint density at radius 1 is 1.03 bits per heavy atom. The van der Waals surface area contributed by atoms with E-state index in [0.717, 1.165) is 0 Å². The molecule has 0 aliphatic rings. The number of aromatic nitrogens is 1. The zero-order valence-corrected chi connectivity index (χ0v) is 19.0. The summed E-state index contributed by atoms with van der Waals surface area (Å²) in [5.74, 6) is 0.824. The highest BCUT2D eigenvalue weighted by Crippen LogP contribution is 2.32. The van der Waals surface area contributed by atoms with Gasteiger partial charge in [-0.2, -0.15) is 0 Å². The lowest BCUT2D eigenvalue weighted by Crippen LogP contribution is -2.48. The molecule has 3 rings (SSSR count). The molecule has 0 saturated carbocycles. The van der Waals surface area contributed by atoms with E-state index in [1.807, 2.05) is 32.0 Å². The number of carbonyl (C=O) groups excluding carboxylic acids is 2. The minimum absolute atomic E-state index is 0.350. The summed E-state index contributed by atoms with van der Waals surface area (Å²) < 4.78 is 21.6. The Bertz CT molecular complexity index is 1100. The van der Waals surface area contributed by atoms with E-state index in [1.165, 1.54) is 13.5 Å². The highest BCUT2D eigenvalue weighted by Gasteiger charge is 2.25. The lowest BCUT2D eigenvalue weighted by molar-refractivity contribution is -0.137. The number of nitrogens with zero attached hydrogens (tertiary/aromatic N) is 1. The summed E-state index contributed by atoms with van der Waals surface area (Å²) in [4.78, 5) is 28.8. The molecule has 9 heteroatoms. The minimum atomic E-state index is -0.786. The van der Waals surface area contributed by atoms with Crippen LogP contribution in [0.3, 0.4) is 0 Å². The number of nitrogens with one attached hydrogen (secondary N) is 2. The smallest absolute Gasteiger partial charge is 0.313 e. The van der Waals surface area contributed by atoms with Gasteiger partial charge in [-0.05, 0) is 38.1 Å². The van der Waals surface area contributed by atoms with Crippen LogP contribution in [-0.2, 0) is 9.59 Å². The molecule has 0 fully saturated rings. The summed E-state index contributed by atoms with van der Waals surface area (Å²) in [6.07, 6.45) is 3.37. The fraction of sp³-hybridized carbons (Fsp3) is 0.292. The van der Waals surface area contributed by atoms with Crippen molar-refractivity contribution in [3.8, 4) is 28.6 Å². The third-order valence-corrected chi connectivity index (χ3v) is 4.85. The largest absolute Gasteiger partial charge is 0.497 e. The molecular formula is C24H27N3O6. The molecule has 1 aromatic heterocycles. The van der Waals surface area contributed by atoms with Gasteiger partial charge in [-0.1, -0.05) is 6.07 Å². The lowest BCUT2D eigenvalue weighted by Gasteiger charge is -2.26. The van der Waals surface area contributed by atoms with Crippen molar-refractivity contribution < 1.29 is 28.2 Å². The van der Waals surface area contributed by atoms with Crippen molar-refractivity contribution in [3.63, 3.8) is 0 Å². The third kappa shape index (κ3) is 6.49. The fourth-order valence-electron chi connectivity index (χ4n) is 3.05. The summed E-state index contributed by atoms with van der Waals surface area (Å²) >= 11 is 0. The van der Waals surface area contributed by atoms with E-state index in [1.54, 1.807) is 37.6 Å². The molecular weight excluding hydrogens is 426 g/mol. The van der Waals surface area contributed by atoms with E-state index < -0.39 is 17.4 Å². The van der Waals surface area contributed by atoms with Crippen molar-refractivity contribution in [1.29, 1.82) is 0 Å². The maximum Gasteiger partial charge on any atom is 0.313 e. The number of amides is 2. The first-order chi connectivity index (χ1) is 15.8. The van der Waals surface area contributed by atoms with Gasteiger partial charge in [0.2, 0.25) is 0 Å². The highest BCUT2D eigenvalue weighted by molar-refractivity contribution is 6.39. The number of methoxy groups -OCH3 is 2. The van der Waals surface area contributed by atoms with Crippen molar-refractivity contribution in [2.24, 2.45) is 0 Å². The van der Waals surface area contributed by atoms with Crippen LogP contribution in [0.1, 0.15) is 20.3 Å². The number of rotatable bonds is 9. The molecule has 0 aliphatic heterocycles. The molecule has 0 radical (unpaired) electrons. The van der Waals surface area contributed by atoms with Crippen LogP contribution in [0.15, 0.2) is 59.5 Å². The Labute approximate surface area is 192 Å². The van der Waals surface area contributed by atoms with Gasteiger partial charge in [0.05, 0.1) is 32.6 Å². The molecule has 0 saturated heterocycles. The molecule has 0 bridgehead atoms. The predicted molar refractivity (Wildman–Crippen MR) is 122 cm³/mol. The molecule has 2 N–H and O–H groups in total. The average Bonchev–Trinajstić information content (AvgIpc) is 3.33. The van der Waals surface area contributed by atoms with Crippen LogP contribution in [0.5, 0.6) is 17.2 Å². The molecule has 0 unspecified atom stereocenters. The number of ether oxygens (including phenoxy) is 3. The Balaban J connectivity index is 1.54. The van der Waals surface area contributed by atoms with Gasteiger partial charge in [0.15, 0.2) is 12.2 Å². The molecule has 3 aromatic rings. The van der Waals surface area contributed by atoms with Crippen LogP contribution in [-0.4, -0.2) is 43.2 Å². The summed E-state index contributed by atoms with van der Waals surface area (Å²) in [6.45, 7) is 3.99. The first kappa shape index (κ1) is 23.6. The van der Waals surface area contributed by atoms with Crippen LogP contribution in [0.4, 0.5) is 5.69 Å². The van der Waals surface area contributed by atoms with E-state index in [2.05, 4.69) is 15.6 Å². The molecule has 2 amide bonds. The number of hydrogen-bond donors (Lipinski definition) is 2. The summed E-state index contributed by atoms with van der Waals surface area (Å²) in [5, 5.41) is 5.32. The van der Waals surface area contributed by atoms with Gasteiger partial charge < -0.3 is 29.3 Å². The average molecular weight is 453 g/mol. The van der Waals surface area contributed by atoms with Crippen molar-refractivity contribution in [3.05, 3.63) is 55.1 Å². The van der Waals surface area contributed by atoms with Crippen molar-refractivity contribution in [1.82, 2.24) is 10.3 Å². The monoisotopic (exact) mass is 453 g/mol. The Morgan fingerprint density at radius 2 is 1.82 bits per heavy atom. The Hall–Kier alpha value is -4.01. The van der Waals surface area contributed by atoms with E-state index in [4.69, 9.17) is 18.6 Å². The van der Waals surface area contributed by atoms with Gasteiger partial charge in [-0.3, -0.25) is 9.59 Å². The van der Waals surface area contributed by atoms with E-state index in [9.17, 15) is 9.59 Å². The predicted octanol–water partition coefficient (Wildman–Crippen LogP) is 3.66. The minimum Gasteiger partial charge on any atom is -0.497 e. The van der Waals surface area contributed by atoms with Crippen molar-refractivity contribution in [2.45, 2.75) is 25.8 Å². The summed E-state index contributed by atoms with van der Waals surface area (Å²) in [7, 11) is 3.09. The fourth-order valence-corrected chi connectivity index (χ4v) is 3.05. The van der Waals surface area contributed by atoms with E-state index >= 15 is 0 Å². The van der Waals surface area contributed by atoms with Gasteiger partial charge >= 0.3 is 11.8 Å². The SMILES string of the molecule is COc1cccc(OCCC(C)(C)NC(=O)C(=O)Nc2ccc(-c3cnco3)c(OC)c2)c1. The number of carbonyl (C=O) groups is 2. The maximum atomic E-state index is 12.5. The molecule has 33 heavy (non-hydrogen) atoms. The van der Waals surface area contributed by atoms with Gasteiger partial charge in [0.25, 0.3) is 0 Å². The van der Waals surface area contributed by atoms with Crippen LogP contribution in [0.2, 0.25) is 0 Å². The van der Waals surface area contributed by atoms with E-state index in [-0.39, 0.29) is 0 Å². The van der Waals surface area contributed by atoms with Gasteiger partial charge in [-0.15, -0.1) is 0 Å². The molecule has 0 aliphatic carbocycles. The quantitative estimate of drug-likeness (QED) is 0.476. The third-order valence-electron chi connectivity index (χ3n) is 4.85. The number of anilines is 1. The second kappa shape index (κ2) is 10.5. The first-order valence-electron chi connectivity index (χ1n) is 10.3. The molecule has 0 atom stereocenters. The zero-order valence-electron chi connectivity index (χ0n) is 19.0. The topological polar surface area (TPSA) is 112 Å². The molecule has 2 aromatic carbocycles. The van der Waals surface area contributed by atoms with Crippen LogP contribution < -0.4 is 24.8 Å². The normalized spacial score (nSPS) is 10.9. The standard InChI is InChI=1S/C24H27N3O6/c1-24(2,10-11-32-18-7-5-6-17(13-18)30-3)27-23(29)22(28)26-16-8-9-19(20(12-16)31-4)21-14-25-15-33-21/h5-9,12-15H,10-11H2,1-4H3,(H,26,28)(H,27,29).